The number of amides is 1. The molecule has 1 amide bonds. The molecule has 0 aliphatic heterocycles. The van der Waals surface area contributed by atoms with Crippen LogP contribution in [0.4, 0.5) is 75.2 Å². The van der Waals surface area contributed by atoms with Gasteiger partial charge in [-0.25, -0.2) is 4.79 Å². The Kier molecular flexibility index (Phi) is 10.1. The predicted octanol–water partition coefficient (Wildman–Crippen LogP) is 9.46. The van der Waals surface area contributed by atoms with Crippen LogP contribution in [0.5, 0.6) is 0 Å². The van der Waals surface area contributed by atoms with E-state index >= 15 is 0 Å². The van der Waals surface area contributed by atoms with E-state index in [9.17, 15) is 79.8 Å². The van der Waals surface area contributed by atoms with Gasteiger partial charge in [0.25, 0.3) is 0 Å². The Morgan fingerprint density at radius 2 is 1.16 bits per heavy atom. The molecule has 254 valence electrons. The van der Waals surface area contributed by atoms with Crippen molar-refractivity contribution in [2.45, 2.75) is 53.8 Å². The van der Waals surface area contributed by atoms with E-state index in [2.05, 4.69) is 16.3 Å². The first-order valence-electron chi connectivity index (χ1n) is 11.1. The van der Waals surface area contributed by atoms with Gasteiger partial charge in [0.05, 0.1) is 6.61 Å². The molecular formula is C22H11Cl2F16NO3S. The molecule has 4 nitrogen and oxygen atoms in total. The van der Waals surface area contributed by atoms with E-state index in [-0.39, 0.29) is 27.5 Å². The Bertz CT molecular complexity index is 1420. The number of hydrogen-bond acceptors (Lipinski definition) is 4. The molecule has 2 aromatic rings. The SMILES string of the molecule is CCOC(=O)c1c(-c2ccc(Cl)cc2)csc1NC(=O)C(F)(F)C(F)(F)C(F)(F)C(F)(F)C(F)(F)C(F)(F)C(F)(F)C(F)(F)Cl. The van der Waals surface area contributed by atoms with Crippen LogP contribution in [0.1, 0.15) is 17.3 Å². The Morgan fingerprint density at radius 3 is 1.58 bits per heavy atom. The van der Waals surface area contributed by atoms with Crippen LogP contribution in [-0.4, -0.2) is 65.3 Å². The number of anilines is 1. The quantitative estimate of drug-likeness (QED) is 0.134. The third kappa shape index (κ3) is 5.87. The molecule has 0 aliphatic rings. The summed E-state index contributed by atoms with van der Waals surface area (Å²) in [5, 5.41) is -6.33. The van der Waals surface area contributed by atoms with Gasteiger partial charge in [-0.1, -0.05) is 23.7 Å². The fraction of sp³-hybridized carbons (Fsp3) is 0.455. The highest BCUT2D eigenvalue weighted by molar-refractivity contribution is 7.15. The molecule has 1 heterocycles. The van der Waals surface area contributed by atoms with Crippen molar-refractivity contribution >= 4 is 51.4 Å². The lowest BCUT2D eigenvalue weighted by Crippen LogP contribution is -2.75. The fourth-order valence-corrected chi connectivity index (χ4v) is 4.38. The molecule has 0 radical (unpaired) electrons. The summed E-state index contributed by atoms with van der Waals surface area (Å²) in [7, 11) is 0. The zero-order valence-electron chi connectivity index (χ0n) is 21.0. The maximum Gasteiger partial charge on any atom is 0.393 e. The third-order valence-electron chi connectivity index (χ3n) is 5.66. The normalized spacial score (nSPS) is 14.4. The first-order chi connectivity index (χ1) is 20.0. The molecule has 0 spiro atoms. The van der Waals surface area contributed by atoms with Gasteiger partial charge in [0.15, 0.2) is 0 Å². The van der Waals surface area contributed by atoms with Crippen molar-refractivity contribution in [2.75, 3.05) is 11.9 Å². The van der Waals surface area contributed by atoms with Gasteiger partial charge in [0.2, 0.25) is 0 Å². The minimum absolute atomic E-state index is 0.00459. The summed E-state index contributed by atoms with van der Waals surface area (Å²) in [6.45, 7) is 0.746. The molecule has 1 N–H and O–H groups in total. The highest BCUT2D eigenvalue weighted by Gasteiger charge is 2.95. The van der Waals surface area contributed by atoms with Gasteiger partial charge in [0.1, 0.15) is 10.6 Å². The third-order valence-corrected chi connectivity index (χ3v) is 7.04. The first kappa shape index (κ1) is 38.5. The monoisotopic (exact) mass is 743 g/mol. The van der Waals surface area contributed by atoms with E-state index in [0.717, 1.165) is 10.7 Å². The van der Waals surface area contributed by atoms with Crippen LogP contribution in [0.2, 0.25) is 5.02 Å². The molecule has 1 aromatic heterocycles. The first-order valence-corrected chi connectivity index (χ1v) is 12.7. The summed E-state index contributed by atoms with van der Waals surface area (Å²) in [4.78, 5) is 24.5. The van der Waals surface area contributed by atoms with Crippen LogP contribution in [0.25, 0.3) is 11.1 Å². The zero-order valence-corrected chi connectivity index (χ0v) is 23.4. The van der Waals surface area contributed by atoms with E-state index in [1.165, 1.54) is 31.2 Å². The van der Waals surface area contributed by atoms with Gasteiger partial charge in [0, 0.05) is 16.0 Å². The van der Waals surface area contributed by atoms with Gasteiger partial charge in [-0.2, -0.15) is 70.2 Å². The average Bonchev–Trinajstić information content (AvgIpc) is 3.31. The Hall–Kier alpha value is -2.68. The number of hydrogen-bond donors (Lipinski definition) is 1. The van der Waals surface area contributed by atoms with Crippen molar-refractivity contribution in [3.63, 3.8) is 0 Å². The zero-order chi connectivity index (χ0) is 35.4. The molecule has 1 aromatic carbocycles. The van der Waals surface area contributed by atoms with Crippen molar-refractivity contribution in [3.05, 3.63) is 40.2 Å². The lowest BCUT2D eigenvalue weighted by molar-refractivity contribution is -0.445. The summed E-state index contributed by atoms with van der Waals surface area (Å²) in [6, 6.07) is 4.79. The number of thiophene rings is 1. The molecule has 0 unspecified atom stereocenters. The number of benzene rings is 1. The predicted molar refractivity (Wildman–Crippen MR) is 125 cm³/mol. The molecule has 0 atom stereocenters. The van der Waals surface area contributed by atoms with Gasteiger partial charge < -0.3 is 10.1 Å². The van der Waals surface area contributed by atoms with E-state index in [4.69, 9.17) is 11.6 Å². The van der Waals surface area contributed by atoms with E-state index in [0.29, 0.717) is 0 Å². The molecule has 0 saturated heterocycles. The van der Waals surface area contributed by atoms with E-state index < -0.39 is 75.9 Å². The Balaban J connectivity index is 2.61. The van der Waals surface area contributed by atoms with Crippen molar-refractivity contribution < 1.29 is 84.6 Å². The van der Waals surface area contributed by atoms with Crippen LogP contribution < -0.4 is 5.32 Å². The maximum absolute atomic E-state index is 14.4. The van der Waals surface area contributed by atoms with E-state index in [1.807, 2.05) is 0 Å². The van der Waals surface area contributed by atoms with Crippen LogP contribution in [0, 0.1) is 0 Å². The van der Waals surface area contributed by atoms with Crippen LogP contribution >= 0.6 is 34.5 Å². The van der Waals surface area contributed by atoms with Gasteiger partial charge in [-0.05, 0) is 36.2 Å². The van der Waals surface area contributed by atoms with Crippen molar-refractivity contribution in [1.82, 2.24) is 0 Å². The van der Waals surface area contributed by atoms with Crippen molar-refractivity contribution in [1.29, 1.82) is 0 Å². The molecule has 23 heteroatoms. The molecule has 2 rings (SSSR count). The maximum atomic E-state index is 14.4. The summed E-state index contributed by atoms with van der Waals surface area (Å²) in [6.07, 6.45) is 0. The number of alkyl halides is 17. The summed E-state index contributed by atoms with van der Waals surface area (Å²) in [5.74, 6) is -63.0. The number of halogens is 18. The number of carbonyl (C=O) groups is 2. The highest BCUT2D eigenvalue weighted by atomic mass is 35.5. The lowest BCUT2D eigenvalue weighted by Gasteiger charge is -2.42. The molecule has 0 fully saturated rings. The van der Waals surface area contributed by atoms with Crippen LogP contribution in [-0.2, 0) is 9.53 Å². The lowest BCUT2D eigenvalue weighted by atomic mass is 9.89. The second-order valence-corrected chi connectivity index (χ2v) is 10.3. The van der Waals surface area contributed by atoms with Crippen molar-refractivity contribution in [3.8, 4) is 11.1 Å². The summed E-state index contributed by atoms with van der Waals surface area (Å²) in [5.41, 5.74) is -1.23. The molecular weight excluding hydrogens is 733 g/mol. The number of rotatable bonds is 12. The van der Waals surface area contributed by atoms with Gasteiger partial charge >= 0.3 is 58.7 Å². The van der Waals surface area contributed by atoms with Gasteiger partial charge in [-0.15, -0.1) is 11.3 Å². The second-order valence-electron chi connectivity index (χ2n) is 8.55. The summed E-state index contributed by atoms with van der Waals surface area (Å²) < 4.78 is 225. The fourth-order valence-electron chi connectivity index (χ4n) is 3.19. The largest absolute Gasteiger partial charge is 0.462 e. The number of esters is 1. The molecule has 45 heavy (non-hydrogen) atoms. The van der Waals surface area contributed by atoms with Crippen molar-refractivity contribution in [2.24, 2.45) is 0 Å². The number of ether oxygens (including phenoxy) is 1. The standard InChI is InChI=1S/C22H11Cl2F16NO3S/c1-2-44-13(42)11-10(8-3-5-9(23)6-4-8)7-45-12(11)41-14(43)15(25,26)16(27,28)17(29,30)18(31,32)19(33,34)20(35,36)21(37,38)22(24,39)40/h3-7H,2H2,1H3,(H,41,43). The molecule has 0 aliphatic carbocycles. The topological polar surface area (TPSA) is 55.4 Å². The minimum atomic E-state index is -8.73. The summed E-state index contributed by atoms with van der Waals surface area (Å²) >= 11 is 9.22. The smallest absolute Gasteiger partial charge is 0.393 e. The Morgan fingerprint density at radius 1 is 0.733 bits per heavy atom. The second kappa shape index (κ2) is 11.8. The highest BCUT2D eigenvalue weighted by Crippen LogP contribution is 2.64. The van der Waals surface area contributed by atoms with Gasteiger partial charge in [-0.3, -0.25) is 4.79 Å². The van der Waals surface area contributed by atoms with E-state index in [1.54, 1.807) is 0 Å². The number of carbonyl (C=O) groups excluding carboxylic acids is 2. The molecule has 0 bridgehead atoms. The van der Waals surface area contributed by atoms with Crippen LogP contribution in [0.3, 0.4) is 0 Å². The molecule has 0 saturated carbocycles. The van der Waals surface area contributed by atoms with Crippen LogP contribution in [0.15, 0.2) is 29.6 Å². The minimum Gasteiger partial charge on any atom is -0.462 e. The number of nitrogens with one attached hydrogen (secondary N) is 1. The Labute approximate surface area is 253 Å². The average molecular weight is 744 g/mol.